The molecule has 23 heavy (non-hydrogen) atoms. The molecule has 126 valence electrons. The minimum atomic E-state index is -0.594. The van der Waals surface area contributed by atoms with Crippen LogP contribution in [0.15, 0.2) is 0 Å². The lowest BCUT2D eigenvalue weighted by atomic mass is 9.46. The number of nitrogens with zero attached hydrogens (tertiary/aromatic N) is 2. The lowest BCUT2D eigenvalue weighted by molar-refractivity contribution is -0.178. The molecule has 4 saturated carbocycles. The fraction of sp³-hybridized carbons (Fsp3) is 0.889. The van der Waals surface area contributed by atoms with Gasteiger partial charge in [0.15, 0.2) is 0 Å². The molecule has 5 nitrogen and oxygen atoms in total. The van der Waals surface area contributed by atoms with Gasteiger partial charge in [-0.3, -0.25) is 14.5 Å². The van der Waals surface area contributed by atoms with Gasteiger partial charge >= 0.3 is 6.17 Å². The number of rotatable bonds is 2. The SMILES string of the molecule is [C-]#[N+][C@@H]1CCCCN1C(=O)[C@@H](N)C12CC3CC(CC(O)(C3)C1)C2. The highest BCUT2D eigenvalue weighted by atomic mass is 16.3. The third-order valence-electron chi connectivity index (χ3n) is 6.90. The zero-order chi connectivity index (χ0) is 16.2. The molecule has 1 saturated heterocycles. The number of carbonyl (C=O) groups excluding carboxylic acids is 1. The average molecular weight is 317 g/mol. The van der Waals surface area contributed by atoms with Crippen molar-refractivity contribution in [2.24, 2.45) is 23.0 Å². The van der Waals surface area contributed by atoms with Crippen molar-refractivity contribution < 1.29 is 9.90 Å². The second-order valence-corrected chi connectivity index (χ2v) is 8.66. The number of aliphatic hydroxyl groups is 1. The Hall–Kier alpha value is -1.12. The van der Waals surface area contributed by atoms with Crippen molar-refractivity contribution in [2.45, 2.75) is 75.6 Å². The van der Waals surface area contributed by atoms with E-state index in [1.165, 1.54) is 6.42 Å². The molecule has 3 N–H and O–H groups in total. The van der Waals surface area contributed by atoms with E-state index in [2.05, 4.69) is 4.85 Å². The van der Waals surface area contributed by atoms with E-state index < -0.39 is 11.6 Å². The van der Waals surface area contributed by atoms with Gasteiger partial charge in [0.1, 0.15) is 0 Å². The van der Waals surface area contributed by atoms with Gasteiger partial charge in [-0.15, -0.1) is 0 Å². The molecule has 5 rings (SSSR count). The van der Waals surface area contributed by atoms with E-state index in [4.69, 9.17) is 12.3 Å². The molecular formula is C18H27N3O2. The summed E-state index contributed by atoms with van der Waals surface area (Å²) in [6.45, 7) is 8.02. The maximum absolute atomic E-state index is 13.1. The molecule has 0 radical (unpaired) electrons. The van der Waals surface area contributed by atoms with E-state index in [9.17, 15) is 9.90 Å². The molecule has 1 amide bonds. The van der Waals surface area contributed by atoms with Gasteiger partial charge in [0.05, 0.1) is 11.6 Å². The van der Waals surface area contributed by atoms with Crippen molar-refractivity contribution in [1.29, 1.82) is 0 Å². The van der Waals surface area contributed by atoms with Gasteiger partial charge in [-0.25, -0.2) is 6.57 Å². The van der Waals surface area contributed by atoms with E-state index in [1.54, 1.807) is 4.90 Å². The molecular weight excluding hydrogens is 290 g/mol. The monoisotopic (exact) mass is 317 g/mol. The summed E-state index contributed by atoms with van der Waals surface area (Å²) in [5, 5.41) is 10.9. The smallest absolute Gasteiger partial charge is 0.300 e. The number of nitrogens with two attached hydrogens (primary N) is 1. The zero-order valence-corrected chi connectivity index (χ0v) is 13.7. The highest BCUT2D eigenvalue weighted by Crippen LogP contribution is 2.62. The molecule has 4 atom stereocenters. The molecule has 1 aliphatic heterocycles. The maximum Gasteiger partial charge on any atom is 0.300 e. The standard InChI is InChI=1S/C18H27N3O2/c1-20-14-4-2-3-5-21(14)16(22)15(19)17-7-12-6-13(8-17)10-18(23,9-12)11-17/h12-15,23H,2-11,19H2/t12?,13?,14-,15+,17?,18?/m0/s1. The Morgan fingerprint density at radius 1 is 1.26 bits per heavy atom. The molecule has 4 bridgehead atoms. The summed E-state index contributed by atoms with van der Waals surface area (Å²) in [5.74, 6) is 1.01. The van der Waals surface area contributed by atoms with Gasteiger partial charge in [0.25, 0.3) is 0 Å². The van der Waals surface area contributed by atoms with Gasteiger partial charge in [0.2, 0.25) is 5.91 Å². The summed E-state index contributed by atoms with van der Waals surface area (Å²) < 4.78 is 0. The van der Waals surface area contributed by atoms with Crippen molar-refractivity contribution >= 4 is 5.91 Å². The van der Waals surface area contributed by atoms with E-state index in [1.807, 2.05) is 0 Å². The third kappa shape index (κ3) is 2.38. The van der Waals surface area contributed by atoms with Crippen LogP contribution in [0.3, 0.4) is 0 Å². The number of hydrogen-bond donors (Lipinski definition) is 2. The first kappa shape index (κ1) is 15.4. The van der Waals surface area contributed by atoms with Crippen molar-refractivity contribution in [2.75, 3.05) is 6.54 Å². The predicted molar refractivity (Wildman–Crippen MR) is 86.0 cm³/mol. The number of amides is 1. The van der Waals surface area contributed by atoms with Crippen LogP contribution in [0.1, 0.15) is 57.8 Å². The van der Waals surface area contributed by atoms with Gasteiger partial charge < -0.3 is 10.8 Å². The van der Waals surface area contributed by atoms with Crippen LogP contribution in [-0.2, 0) is 4.79 Å². The van der Waals surface area contributed by atoms with Crippen LogP contribution in [-0.4, -0.2) is 40.3 Å². The molecule has 2 unspecified atom stereocenters. The molecule has 0 aromatic heterocycles. The van der Waals surface area contributed by atoms with Gasteiger partial charge in [-0.1, -0.05) is 0 Å². The first-order valence-electron chi connectivity index (χ1n) is 9.10. The van der Waals surface area contributed by atoms with Crippen molar-refractivity contribution in [1.82, 2.24) is 4.90 Å². The first-order valence-corrected chi connectivity index (χ1v) is 9.10. The van der Waals surface area contributed by atoms with Gasteiger partial charge in [-0.2, -0.15) is 0 Å². The number of carbonyl (C=O) groups is 1. The second-order valence-electron chi connectivity index (χ2n) is 8.66. The third-order valence-corrected chi connectivity index (χ3v) is 6.90. The molecule has 5 fully saturated rings. The van der Waals surface area contributed by atoms with Crippen LogP contribution in [0.4, 0.5) is 0 Å². The Bertz CT molecular complexity index is 541. The highest BCUT2D eigenvalue weighted by molar-refractivity contribution is 5.83. The lowest BCUT2D eigenvalue weighted by Crippen LogP contribution is -2.65. The van der Waals surface area contributed by atoms with Crippen LogP contribution in [0.5, 0.6) is 0 Å². The van der Waals surface area contributed by atoms with E-state index in [0.29, 0.717) is 24.8 Å². The van der Waals surface area contributed by atoms with Crippen LogP contribution >= 0.6 is 0 Å². The number of piperidine rings is 1. The fourth-order valence-corrected chi connectivity index (χ4v) is 6.39. The van der Waals surface area contributed by atoms with Gasteiger partial charge in [-0.05, 0) is 68.6 Å². The van der Waals surface area contributed by atoms with Crippen LogP contribution in [0.2, 0.25) is 0 Å². The van der Waals surface area contributed by atoms with Crippen molar-refractivity contribution in [3.05, 3.63) is 11.4 Å². The number of likely N-dealkylation sites (tertiary alicyclic amines) is 1. The Balaban J connectivity index is 1.57. The molecule has 5 aliphatic rings. The van der Waals surface area contributed by atoms with Gasteiger partial charge in [0, 0.05) is 13.0 Å². The highest BCUT2D eigenvalue weighted by Gasteiger charge is 2.60. The van der Waals surface area contributed by atoms with E-state index >= 15 is 0 Å². The average Bonchev–Trinajstić information content (AvgIpc) is 2.51. The van der Waals surface area contributed by atoms with Crippen LogP contribution in [0, 0.1) is 23.8 Å². The molecule has 4 aliphatic carbocycles. The second kappa shape index (κ2) is 5.19. The molecule has 1 heterocycles. The van der Waals surface area contributed by atoms with Crippen molar-refractivity contribution in [3.8, 4) is 0 Å². The fourth-order valence-electron chi connectivity index (χ4n) is 6.39. The lowest BCUT2D eigenvalue weighted by Gasteiger charge is -2.61. The summed E-state index contributed by atoms with van der Waals surface area (Å²) in [6, 6.07) is -0.553. The minimum absolute atomic E-state index is 0.0451. The Morgan fingerprint density at radius 3 is 2.57 bits per heavy atom. The summed E-state index contributed by atoms with van der Waals surface area (Å²) in [7, 11) is 0. The van der Waals surface area contributed by atoms with Crippen molar-refractivity contribution in [3.63, 3.8) is 0 Å². The predicted octanol–water partition coefficient (Wildman–Crippen LogP) is 1.90. The maximum atomic E-state index is 13.1. The molecule has 5 heteroatoms. The Morgan fingerprint density at radius 2 is 1.96 bits per heavy atom. The molecule has 0 spiro atoms. The topological polar surface area (TPSA) is 70.9 Å². The minimum Gasteiger partial charge on any atom is -0.390 e. The van der Waals surface area contributed by atoms with E-state index in [-0.39, 0.29) is 17.5 Å². The van der Waals surface area contributed by atoms with E-state index in [0.717, 1.165) is 44.9 Å². The first-order chi connectivity index (χ1) is 10.9. The van der Waals surface area contributed by atoms with Crippen LogP contribution in [0.25, 0.3) is 4.85 Å². The summed E-state index contributed by atoms with van der Waals surface area (Å²) in [5.41, 5.74) is 5.69. The van der Waals surface area contributed by atoms with Crippen LogP contribution < -0.4 is 5.73 Å². The summed E-state index contributed by atoms with van der Waals surface area (Å²) >= 11 is 0. The quantitative estimate of drug-likeness (QED) is 0.764. The molecule has 0 aromatic carbocycles. The zero-order valence-electron chi connectivity index (χ0n) is 13.7. The summed E-state index contributed by atoms with van der Waals surface area (Å²) in [4.78, 5) is 18.4. The number of hydrogen-bond acceptors (Lipinski definition) is 3. The summed E-state index contributed by atoms with van der Waals surface area (Å²) in [6.07, 6.45) is 8.03. The largest absolute Gasteiger partial charge is 0.390 e. The Kier molecular flexibility index (Phi) is 3.48. The Labute approximate surface area is 138 Å². The normalized spacial score (nSPS) is 46.5. The molecule has 0 aromatic rings.